The Balaban J connectivity index is 2.67. The number of nitrogens with zero attached hydrogens (tertiary/aromatic N) is 1. The molecule has 108 valence electrons. The molecule has 1 N–H and O–H groups in total. The standard InChI is InChI=1S/C14H24N2O2S/c1-11(2)19(17,18)9-8-15-13-7-6-12(3)14(10-13)16(4)5/h6-7,10-11,15H,8-9H2,1-5H3. The lowest BCUT2D eigenvalue weighted by Gasteiger charge is -2.17. The third-order valence-electron chi connectivity index (χ3n) is 3.12. The lowest BCUT2D eigenvalue weighted by molar-refractivity contribution is 0.588. The van der Waals surface area contributed by atoms with Crippen LogP contribution in [0.25, 0.3) is 0 Å². The Kier molecular flexibility index (Phi) is 5.23. The van der Waals surface area contributed by atoms with Crippen molar-refractivity contribution < 1.29 is 8.42 Å². The van der Waals surface area contributed by atoms with Gasteiger partial charge in [0.15, 0.2) is 9.84 Å². The van der Waals surface area contributed by atoms with E-state index in [1.807, 2.05) is 37.2 Å². The Morgan fingerprint density at radius 2 is 1.89 bits per heavy atom. The number of benzene rings is 1. The topological polar surface area (TPSA) is 49.4 Å². The molecule has 0 aliphatic rings. The van der Waals surface area contributed by atoms with E-state index in [2.05, 4.69) is 12.2 Å². The summed E-state index contributed by atoms with van der Waals surface area (Å²) < 4.78 is 23.4. The van der Waals surface area contributed by atoms with Crippen molar-refractivity contribution in [2.45, 2.75) is 26.0 Å². The van der Waals surface area contributed by atoms with Crippen LogP contribution in [0.1, 0.15) is 19.4 Å². The van der Waals surface area contributed by atoms with Crippen LogP contribution in [0.2, 0.25) is 0 Å². The molecule has 0 atom stereocenters. The van der Waals surface area contributed by atoms with Crippen LogP contribution in [0.5, 0.6) is 0 Å². The monoisotopic (exact) mass is 284 g/mol. The number of aryl methyl sites for hydroxylation is 1. The summed E-state index contributed by atoms with van der Waals surface area (Å²) >= 11 is 0. The highest BCUT2D eigenvalue weighted by molar-refractivity contribution is 7.92. The van der Waals surface area contributed by atoms with Gasteiger partial charge in [0.25, 0.3) is 0 Å². The first-order chi connectivity index (χ1) is 8.74. The number of hydrogen-bond acceptors (Lipinski definition) is 4. The maximum absolute atomic E-state index is 11.7. The molecule has 0 fully saturated rings. The zero-order chi connectivity index (χ0) is 14.6. The number of nitrogens with one attached hydrogen (secondary N) is 1. The van der Waals surface area contributed by atoms with Crippen molar-refractivity contribution in [3.05, 3.63) is 23.8 Å². The fourth-order valence-corrected chi connectivity index (χ4v) is 2.63. The molecule has 0 saturated carbocycles. The maximum Gasteiger partial charge on any atom is 0.154 e. The third kappa shape index (κ3) is 4.42. The summed E-state index contributed by atoms with van der Waals surface area (Å²) in [6.07, 6.45) is 0. The number of hydrogen-bond donors (Lipinski definition) is 1. The molecule has 4 nitrogen and oxygen atoms in total. The Bertz CT molecular complexity index is 522. The van der Waals surface area contributed by atoms with Gasteiger partial charge in [-0.15, -0.1) is 0 Å². The van der Waals surface area contributed by atoms with E-state index in [9.17, 15) is 8.42 Å². The lowest BCUT2D eigenvalue weighted by atomic mass is 10.1. The van der Waals surface area contributed by atoms with Gasteiger partial charge < -0.3 is 10.2 Å². The van der Waals surface area contributed by atoms with Crippen molar-refractivity contribution in [3.63, 3.8) is 0 Å². The van der Waals surface area contributed by atoms with E-state index in [1.54, 1.807) is 13.8 Å². The zero-order valence-corrected chi connectivity index (χ0v) is 13.2. The van der Waals surface area contributed by atoms with Gasteiger partial charge in [-0.25, -0.2) is 8.42 Å². The normalized spacial score (nSPS) is 11.7. The Labute approximate surface area is 116 Å². The largest absolute Gasteiger partial charge is 0.384 e. The molecule has 0 heterocycles. The summed E-state index contributed by atoms with van der Waals surface area (Å²) in [6.45, 7) is 5.93. The van der Waals surface area contributed by atoms with E-state index in [0.29, 0.717) is 6.54 Å². The first-order valence-corrected chi connectivity index (χ1v) is 8.19. The molecule has 0 unspecified atom stereocenters. The van der Waals surface area contributed by atoms with Crippen LogP contribution >= 0.6 is 0 Å². The first kappa shape index (κ1) is 15.8. The van der Waals surface area contributed by atoms with Gasteiger partial charge in [-0.2, -0.15) is 0 Å². The van der Waals surface area contributed by atoms with Gasteiger partial charge in [-0.05, 0) is 38.5 Å². The molecule has 0 spiro atoms. The first-order valence-electron chi connectivity index (χ1n) is 6.47. The third-order valence-corrected chi connectivity index (χ3v) is 5.33. The van der Waals surface area contributed by atoms with Crippen molar-refractivity contribution in [3.8, 4) is 0 Å². The van der Waals surface area contributed by atoms with E-state index in [-0.39, 0.29) is 11.0 Å². The van der Waals surface area contributed by atoms with Crippen molar-refractivity contribution in [2.24, 2.45) is 0 Å². The molecule has 0 saturated heterocycles. The van der Waals surface area contributed by atoms with E-state index in [0.717, 1.165) is 11.4 Å². The van der Waals surface area contributed by atoms with Gasteiger partial charge in [0.05, 0.1) is 11.0 Å². The minimum Gasteiger partial charge on any atom is -0.384 e. The van der Waals surface area contributed by atoms with Gasteiger partial charge in [0.2, 0.25) is 0 Å². The molecule has 0 aromatic heterocycles. The molecule has 19 heavy (non-hydrogen) atoms. The second kappa shape index (κ2) is 6.28. The summed E-state index contributed by atoms with van der Waals surface area (Å²) in [5, 5.41) is 2.86. The minimum atomic E-state index is -2.98. The van der Waals surface area contributed by atoms with Crippen molar-refractivity contribution in [1.29, 1.82) is 0 Å². The van der Waals surface area contributed by atoms with Gasteiger partial charge in [0, 0.05) is 32.0 Å². The van der Waals surface area contributed by atoms with Crippen LogP contribution in [-0.4, -0.2) is 40.1 Å². The molecule has 0 aliphatic carbocycles. The van der Waals surface area contributed by atoms with Gasteiger partial charge in [-0.1, -0.05) is 6.07 Å². The van der Waals surface area contributed by atoms with Crippen LogP contribution in [0.3, 0.4) is 0 Å². The summed E-state index contributed by atoms with van der Waals surface area (Å²) in [4.78, 5) is 2.05. The van der Waals surface area contributed by atoms with Crippen LogP contribution in [0, 0.1) is 6.92 Å². The van der Waals surface area contributed by atoms with Crippen LogP contribution in [0.15, 0.2) is 18.2 Å². The average Bonchev–Trinajstić information content (AvgIpc) is 2.30. The predicted molar refractivity (Wildman–Crippen MR) is 82.9 cm³/mol. The van der Waals surface area contributed by atoms with Gasteiger partial charge >= 0.3 is 0 Å². The van der Waals surface area contributed by atoms with Crippen molar-refractivity contribution in [2.75, 3.05) is 36.6 Å². The van der Waals surface area contributed by atoms with Crippen LogP contribution in [0.4, 0.5) is 11.4 Å². The summed E-state index contributed by atoms with van der Waals surface area (Å²) in [5.41, 5.74) is 3.29. The van der Waals surface area contributed by atoms with E-state index in [4.69, 9.17) is 0 Å². The molecule has 1 aromatic carbocycles. The molecule has 1 rings (SSSR count). The quantitative estimate of drug-likeness (QED) is 0.871. The summed E-state index contributed by atoms with van der Waals surface area (Å²) in [7, 11) is 1.01. The van der Waals surface area contributed by atoms with Crippen LogP contribution < -0.4 is 10.2 Å². The van der Waals surface area contributed by atoms with Crippen LogP contribution in [-0.2, 0) is 9.84 Å². The highest BCUT2D eigenvalue weighted by Gasteiger charge is 2.15. The maximum atomic E-state index is 11.7. The SMILES string of the molecule is Cc1ccc(NCCS(=O)(=O)C(C)C)cc1N(C)C. The second-order valence-corrected chi connectivity index (χ2v) is 7.91. The van der Waals surface area contributed by atoms with Crippen molar-refractivity contribution >= 4 is 21.2 Å². The highest BCUT2D eigenvalue weighted by Crippen LogP contribution is 2.22. The summed E-state index contributed by atoms with van der Waals surface area (Å²) in [6, 6.07) is 6.05. The molecule has 0 amide bonds. The molecule has 0 radical (unpaired) electrons. The Hall–Kier alpha value is -1.23. The van der Waals surface area contributed by atoms with Crippen molar-refractivity contribution in [1.82, 2.24) is 0 Å². The average molecular weight is 284 g/mol. The Morgan fingerprint density at radius 3 is 2.42 bits per heavy atom. The number of rotatable bonds is 6. The molecular formula is C14H24N2O2S. The Morgan fingerprint density at radius 1 is 1.26 bits per heavy atom. The molecular weight excluding hydrogens is 260 g/mol. The number of sulfone groups is 1. The lowest BCUT2D eigenvalue weighted by Crippen LogP contribution is -2.23. The summed E-state index contributed by atoms with van der Waals surface area (Å²) in [5.74, 6) is 0.163. The van der Waals surface area contributed by atoms with Gasteiger partial charge in [-0.3, -0.25) is 0 Å². The molecule has 5 heteroatoms. The fourth-order valence-electron chi connectivity index (χ4n) is 1.77. The fraction of sp³-hybridized carbons (Fsp3) is 0.571. The minimum absolute atomic E-state index is 0.163. The van der Waals surface area contributed by atoms with E-state index < -0.39 is 9.84 Å². The molecule has 1 aromatic rings. The predicted octanol–water partition coefficient (Wildman–Crippen LogP) is 2.30. The van der Waals surface area contributed by atoms with Gasteiger partial charge in [0.1, 0.15) is 0 Å². The second-order valence-electron chi connectivity index (χ2n) is 5.24. The zero-order valence-electron chi connectivity index (χ0n) is 12.4. The van der Waals surface area contributed by atoms with E-state index >= 15 is 0 Å². The van der Waals surface area contributed by atoms with E-state index in [1.165, 1.54) is 5.56 Å². The molecule has 0 bridgehead atoms. The molecule has 0 aliphatic heterocycles. The highest BCUT2D eigenvalue weighted by atomic mass is 32.2. The smallest absolute Gasteiger partial charge is 0.154 e. The number of anilines is 2.